The maximum absolute atomic E-state index is 12.6. The highest BCUT2D eigenvalue weighted by Gasteiger charge is 2.36. The molecule has 13 heteroatoms. The molecule has 0 atom stereocenters. The standard InChI is InChI=1S/C23H21N7O4S2/c1-11(2)21-28-30-19(24)15(20(32)26-23(30)36-21)7-13-5-6-16(17(8-13)33-4)34-10-14-9-18(31)29-22(25-14)35-12(3)27-29/h5-9,11,24H,10H2,1-4H3/b15-7+,24-19?. The number of methoxy groups -OCH3 is 1. The number of carbonyl (C=O) groups excluding carboxylic acids is 1. The fourth-order valence-corrected chi connectivity index (χ4v) is 5.14. The van der Waals surface area contributed by atoms with Crippen LogP contribution < -0.4 is 15.0 Å². The lowest BCUT2D eigenvalue weighted by Gasteiger charge is -2.20. The Balaban J connectivity index is 1.37. The highest BCUT2D eigenvalue weighted by molar-refractivity contribution is 8.27. The molecule has 0 unspecified atom stereocenters. The van der Waals surface area contributed by atoms with E-state index in [1.165, 1.54) is 45.8 Å². The van der Waals surface area contributed by atoms with Crippen LogP contribution in [0.1, 0.15) is 30.1 Å². The molecule has 2 aliphatic heterocycles. The van der Waals surface area contributed by atoms with Crippen molar-refractivity contribution in [2.24, 2.45) is 16.0 Å². The molecule has 0 saturated carbocycles. The van der Waals surface area contributed by atoms with E-state index in [0.29, 0.717) is 32.9 Å². The van der Waals surface area contributed by atoms with E-state index in [2.05, 4.69) is 20.2 Å². The number of hydrazone groups is 1. The number of hydrogen-bond donors (Lipinski definition) is 1. The van der Waals surface area contributed by atoms with Gasteiger partial charge in [0.25, 0.3) is 11.5 Å². The zero-order valence-corrected chi connectivity index (χ0v) is 21.4. The van der Waals surface area contributed by atoms with Crippen LogP contribution in [0.2, 0.25) is 0 Å². The van der Waals surface area contributed by atoms with Crippen LogP contribution in [0, 0.1) is 18.3 Å². The summed E-state index contributed by atoms with van der Waals surface area (Å²) in [5.74, 6) is 0.502. The second-order valence-electron chi connectivity index (χ2n) is 8.21. The molecule has 0 bridgehead atoms. The van der Waals surface area contributed by atoms with Gasteiger partial charge in [0.1, 0.15) is 16.7 Å². The number of rotatable bonds is 6. The summed E-state index contributed by atoms with van der Waals surface area (Å²) in [7, 11) is 1.50. The maximum Gasteiger partial charge on any atom is 0.283 e. The molecule has 0 saturated heterocycles. The van der Waals surface area contributed by atoms with Gasteiger partial charge in [0, 0.05) is 12.0 Å². The third-order valence-corrected chi connectivity index (χ3v) is 7.27. The van der Waals surface area contributed by atoms with Gasteiger partial charge in [0.15, 0.2) is 17.3 Å². The number of nitrogens with one attached hydrogen (secondary N) is 1. The number of fused-ring (bicyclic) bond motifs is 2. The molecule has 2 aromatic heterocycles. The van der Waals surface area contributed by atoms with E-state index >= 15 is 0 Å². The molecule has 1 N–H and O–H groups in total. The van der Waals surface area contributed by atoms with Crippen LogP contribution in [0.25, 0.3) is 11.0 Å². The van der Waals surface area contributed by atoms with Crippen molar-refractivity contribution in [3.63, 3.8) is 0 Å². The minimum atomic E-state index is -0.496. The van der Waals surface area contributed by atoms with Crippen LogP contribution in [-0.4, -0.2) is 48.7 Å². The highest BCUT2D eigenvalue weighted by atomic mass is 32.2. The zero-order chi connectivity index (χ0) is 25.6. The lowest BCUT2D eigenvalue weighted by Crippen LogP contribution is -2.35. The lowest BCUT2D eigenvalue weighted by atomic mass is 10.1. The number of amidine groups is 2. The average Bonchev–Trinajstić information content (AvgIpc) is 3.44. The average molecular weight is 524 g/mol. The van der Waals surface area contributed by atoms with Crippen molar-refractivity contribution < 1.29 is 14.3 Å². The van der Waals surface area contributed by atoms with Crippen LogP contribution in [0.4, 0.5) is 0 Å². The van der Waals surface area contributed by atoms with Crippen molar-refractivity contribution in [3.8, 4) is 11.5 Å². The van der Waals surface area contributed by atoms with Gasteiger partial charge in [-0.25, -0.2) is 4.98 Å². The van der Waals surface area contributed by atoms with Gasteiger partial charge in [-0.05, 0) is 42.5 Å². The van der Waals surface area contributed by atoms with Crippen molar-refractivity contribution in [1.82, 2.24) is 19.6 Å². The van der Waals surface area contributed by atoms with E-state index in [-0.39, 0.29) is 29.5 Å². The van der Waals surface area contributed by atoms with Crippen LogP contribution in [0.5, 0.6) is 11.5 Å². The predicted molar refractivity (Wildman–Crippen MR) is 139 cm³/mol. The number of ether oxygens (including phenoxy) is 2. The first kappa shape index (κ1) is 23.9. The Kier molecular flexibility index (Phi) is 6.18. The first-order valence-corrected chi connectivity index (χ1v) is 12.5. The Morgan fingerprint density at radius 3 is 2.75 bits per heavy atom. The monoisotopic (exact) mass is 523 g/mol. The third kappa shape index (κ3) is 4.42. The number of carbonyl (C=O) groups is 1. The van der Waals surface area contributed by atoms with Crippen LogP contribution in [0.3, 0.4) is 0 Å². The molecule has 3 aromatic rings. The summed E-state index contributed by atoms with van der Waals surface area (Å²) < 4.78 is 12.6. The minimum absolute atomic E-state index is 0.0292. The summed E-state index contributed by atoms with van der Waals surface area (Å²) in [6.45, 7) is 5.86. The molecule has 36 heavy (non-hydrogen) atoms. The second-order valence-corrected chi connectivity index (χ2v) is 10.4. The fraction of sp³-hybridized carbons (Fsp3) is 0.261. The molecule has 1 aromatic carbocycles. The molecule has 0 aliphatic carbocycles. The largest absolute Gasteiger partial charge is 0.493 e. The number of aliphatic imine (C=N–C) groups is 1. The van der Waals surface area contributed by atoms with Gasteiger partial charge in [-0.3, -0.25) is 15.0 Å². The van der Waals surface area contributed by atoms with E-state index in [1.54, 1.807) is 24.3 Å². The van der Waals surface area contributed by atoms with E-state index in [4.69, 9.17) is 14.9 Å². The molecule has 0 fully saturated rings. The highest BCUT2D eigenvalue weighted by Crippen LogP contribution is 2.33. The number of nitrogens with zero attached hydrogens (tertiary/aromatic N) is 6. The van der Waals surface area contributed by atoms with E-state index in [9.17, 15) is 9.59 Å². The van der Waals surface area contributed by atoms with Crippen LogP contribution >= 0.6 is 23.1 Å². The summed E-state index contributed by atoms with van der Waals surface area (Å²) >= 11 is 2.63. The van der Waals surface area contributed by atoms with Gasteiger partial charge in [-0.1, -0.05) is 31.3 Å². The number of aryl methyl sites for hydroxylation is 1. The Bertz CT molecular complexity index is 1570. The first-order valence-electron chi connectivity index (χ1n) is 10.9. The Morgan fingerprint density at radius 2 is 2.00 bits per heavy atom. The molecular weight excluding hydrogens is 502 g/mol. The van der Waals surface area contributed by atoms with Crippen molar-refractivity contribution in [1.29, 1.82) is 5.41 Å². The van der Waals surface area contributed by atoms with Gasteiger partial charge >= 0.3 is 0 Å². The topological polar surface area (TPSA) is 135 Å². The van der Waals surface area contributed by atoms with Crippen molar-refractivity contribution in [2.75, 3.05) is 7.11 Å². The summed E-state index contributed by atoms with van der Waals surface area (Å²) in [4.78, 5) is 34.0. The summed E-state index contributed by atoms with van der Waals surface area (Å²) in [5.41, 5.74) is 0.950. The molecule has 1 amide bonds. The normalized spacial score (nSPS) is 16.6. The Labute approximate surface area is 213 Å². The number of hydrogen-bond acceptors (Lipinski definition) is 10. The molecule has 184 valence electrons. The van der Waals surface area contributed by atoms with Gasteiger partial charge in [-0.2, -0.15) is 24.7 Å². The van der Waals surface area contributed by atoms with Gasteiger partial charge in [0.05, 0.1) is 18.4 Å². The lowest BCUT2D eigenvalue weighted by molar-refractivity contribution is -0.114. The molecular formula is C23H21N7O4S2. The summed E-state index contributed by atoms with van der Waals surface area (Å²) in [5, 5.41) is 20.4. The summed E-state index contributed by atoms with van der Waals surface area (Å²) in [6, 6.07) is 6.52. The number of aromatic nitrogens is 3. The van der Waals surface area contributed by atoms with E-state index < -0.39 is 5.91 Å². The predicted octanol–water partition coefficient (Wildman–Crippen LogP) is 3.32. The minimum Gasteiger partial charge on any atom is -0.493 e. The molecule has 4 heterocycles. The first-order chi connectivity index (χ1) is 17.2. The SMILES string of the molecule is COc1cc(/C=C2\C(=N)N3N=C(C(C)C)SC3=NC2=O)ccc1OCc1cc(=O)n2nc(C)sc2n1. The van der Waals surface area contributed by atoms with Crippen LogP contribution in [0.15, 0.2) is 44.7 Å². The zero-order valence-electron chi connectivity index (χ0n) is 19.8. The second kappa shape index (κ2) is 9.32. The molecule has 5 rings (SSSR count). The van der Waals surface area contributed by atoms with Gasteiger partial charge < -0.3 is 9.47 Å². The van der Waals surface area contributed by atoms with E-state index in [1.807, 2.05) is 20.8 Å². The Hall–Kier alpha value is -3.84. The fourth-order valence-electron chi connectivity index (χ4n) is 3.48. The summed E-state index contributed by atoms with van der Waals surface area (Å²) in [6.07, 6.45) is 1.58. The molecule has 0 spiro atoms. The molecule has 0 radical (unpaired) electrons. The number of thioether (sulfide) groups is 1. The maximum atomic E-state index is 12.6. The van der Waals surface area contributed by atoms with Gasteiger partial charge in [-0.15, -0.1) is 0 Å². The Morgan fingerprint density at radius 1 is 1.19 bits per heavy atom. The van der Waals surface area contributed by atoms with Crippen molar-refractivity contribution in [2.45, 2.75) is 27.4 Å². The quantitative estimate of drug-likeness (QED) is 0.486. The van der Waals surface area contributed by atoms with Gasteiger partial charge in [0.2, 0.25) is 10.1 Å². The molecule has 11 nitrogen and oxygen atoms in total. The third-order valence-electron chi connectivity index (χ3n) is 5.24. The van der Waals surface area contributed by atoms with E-state index in [0.717, 1.165) is 10.1 Å². The van der Waals surface area contributed by atoms with Crippen LogP contribution in [-0.2, 0) is 11.4 Å². The van der Waals surface area contributed by atoms with Crippen molar-refractivity contribution in [3.05, 3.63) is 56.5 Å². The van der Waals surface area contributed by atoms with Crippen molar-refractivity contribution >= 4 is 56.1 Å². The number of benzene rings is 1. The number of amides is 1. The smallest absolute Gasteiger partial charge is 0.283 e. The molecule has 2 aliphatic rings.